The standard InChI is InChI=1S/C11H11BrN4O/c1-17-10-9(12)6-14-11(16-10)15-8-4-2-7(13)3-5-8/h2-6H,13H2,1H3,(H,14,15,16). The van der Waals surface area contributed by atoms with Gasteiger partial charge in [-0.15, -0.1) is 0 Å². The summed E-state index contributed by atoms with van der Waals surface area (Å²) in [5.74, 6) is 0.952. The summed E-state index contributed by atoms with van der Waals surface area (Å²) in [6.45, 7) is 0. The Balaban J connectivity index is 2.21. The van der Waals surface area contributed by atoms with Crippen LogP contribution in [0.1, 0.15) is 0 Å². The molecule has 1 aromatic heterocycles. The fraction of sp³-hybridized carbons (Fsp3) is 0.0909. The number of methoxy groups -OCH3 is 1. The van der Waals surface area contributed by atoms with Gasteiger partial charge in [0.15, 0.2) is 0 Å². The van der Waals surface area contributed by atoms with Gasteiger partial charge < -0.3 is 15.8 Å². The highest BCUT2D eigenvalue weighted by Gasteiger charge is 2.04. The van der Waals surface area contributed by atoms with Gasteiger partial charge in [-0.2, -0.15) is 4.98 Å². The largest absolute Gasteiger partial charge is 0.480 e. The number of benzene rings is 1. The summed E-state index contributed by atoms with van der Waals surface area (Å²) in [5.41, 5.74) is 7.18. The van der Waals surface area contributed by atoms with Gasteiger partial charge in [0.2, 0.25) is 11.8 Å². The van der Waals surface area contributed by atoms with Crippen LogP contribution in [0.4, 0.5) is 17.3 Å². The van der Waals surface area contributed by atoms with Crippen LogP contribution in [0, 0.1) is 0 Å². The Labute approximate surface area is 107 Å². The lowest BCUT2D eigenvalue weighted by Crippen LogP contribution is -1.99. The highest BCUT2D eigenvalue weighted by atomic mass is 79.9. The van der Waals surface area contributed by atoms with Gasteiger partial charge in [0.25, 0.3) is 0 Å². The van der Waals surface area contributed by atoms with Gasteiger partial charge in [0, 0.05) is 11.4 Å². The lowest BCUT2D eigenvalue weighted by atomic mass is 10.3. The van der Waals surface area contributed by atoms with E-state index in [2.05, 4.69) is 31.2 Å². The highest BCUT2D eigenvalue weighted by molar-refractivity contribution is 9.10. The van der Waals surface area contributed by atoms with Crippen molar-refractivity contribution in [3.63, 3.8) is 0 Å². The predicted molar refractivity (Wildman–Crippen MR) is 70.4 cm³/mol. The number of nitrogens with zero attached hydrogens (tertiary/aromatic N) is 2. The number of ether oxygens (including phenoxy) is 1. The van der Waals surface area contributed by atoms with Crippen LogP contribution in [-0.2, 0) is 0 Å². The van der Waals surface area contributed by atoms with Crippen molar-refractivity contribution in [1.82, 2.24) is 9.97 Å². The van der Waals surface area contributed by atoms with E-state index in [1.165, 1.54) is 0 Å². The van der Waals surface area contributed by atoms with Crippen LogP contribution in [0.5, 0.6) is 5.88 Å². The molecule has 0 aliphatic rings. The highest BCUT2D eigenvalue weighted by Crippen LogP contribution is 2.23. The Morgan fingerprint density at radius 2 is 2.00 bits per heavy atom. The summed E-state index contributed by atoms with van der Waals surface area (Å²) in [4.78, 5) is 8.31. The maximum Gasteiger partial charge on any atom is 0.232 e. The van der Waals surface area contributed by atoms with Crippen molar-refractivity contribution in [2.75, 3.05) is 18.2 Å². The van der Waals surface area contributed by atoms with E-state index in [4.69, 9.17) is 10.5 Å². The van der Waals surface area contributed by atoms with Crippen LogP contribution in [-0.4, -0.2) is 17.1 Å². The molecule has 1 aromatic carbocycles. The summed E-state index contributed by atoms with van der Waals surface area (Å²) in [6, 6.07) is 7.32. The quantitative estimate of drug-likeness (QED) is 0.851. The Hall–Kier alpha value is -1.82. The lowest BCUT2D eigenvalue weighted by molar-refractivity contribution is 0.394. The maximum absolute atomic E-state index is 5.60. The lowest BCUT2D eigenvalue weighted by Gasteiger charge is -2.07. The zero-order valence-corrected chi connectivity index (χ0v) is 10.7. The number of hydrogen-bond donors (Lipinski definition) is 2. The zero-order valence-electron chi connectivity index (χ0n) is 9.14. The number of hydrogen-bond acceptors (Lipinski definition) is 5. The normalized spacial score (nSPS) is 10.0. The molecule has 5 nitrogen and oxygen atoms in total. The van der Waals surface area contributed by atoms with Crippen LogP contribution in [0.15, 0.2) is 34.9 Å². The third-order valence-corrected chi connectivity index (χ3v) is 2.62. The Kier molecular flexibility index (Phi) is 3.43. The number of rotatable bonds is 3. The molecular formula is C11H11BrN4O. The SMILES string of the molecule is COc1nc(Nc2ccc(N)cc2)ncc1Br. The first-order valence-electron chi connectivity index (χ1n) is 4.88. The summed E-state index contributed by atoms with van der Waals surface area (Å²) in [7, 11) is 1.56. The van der Waals surface area contributed by atoms with Crippen LogP contribution >= 0.6 is 15.9 Å². The Morgan fingerprint density at radius 1 is 1.29 bits per heavy atom. The molecule has 0 fully saturated rings. The predicted octanol–water partition coefficient (Wildman–Crippen LogP) is 2.57. The molecule has 0 unspecified atom stereocenters. The van der Waals surface area contributed by atoms with E-state index < -0.39 is 0 Å². The second-order valence-corrected chi connectivity index (χ2v) is 4.15. The van der Waals surface area contributed by atoms with Crippen molar-refractivity contribution in [1.29, 1.82) is 0 Å². The average Bonchev–Trinajstić information content (AvgIpc) is 2.34. The molecule has 0 aliphatic carbocycles. The van der Waals surface area contributed by atoms with Crippen molar-refractivity contribution in [3.05, 3.63) is 34.9 Å². The molecule has 0 atom stereocenters. The number of halogens is 1. The van der Waals surface area contributed by atoms with Gasteiger partial charge in [0.05, 0.1) is 17.8 Å². The minimum Gasteiger partial charge on any atom is -0.480 e. The van der Waals surface area contributed by atoms with E-state index in [0.717, 1.165) is 5.69 Å². The molecule has 0 amide bonds. The van der Waals surface area contributed by atoms with E-state index in [0.29, 0.717) is 22.0 Å². The van der Waals surface area contributed by atoms with Crippen molar-refractivity contribution >= 4 is 33.3 Å². The van der Waals surface area contributed by atoms with Gasteiger partial charge in [-0.1, -0.05) is 0 Å². The second kappa shape index (κ2) is 5.01. The number of nitrogens with one attached hydrogen (secondary N) is 1. The second-order valence-electron chi connectivity index (χ2n) is 3.30. The molecule has 88 valence electrons. The van der Waals surface area contributed by atoms with Crippen LogP contribution < -0.4 is 15.8 Å². The van der Waals surface area contributed by atoms with Crippen molar-refractivity contribution in [3.8, 4) is 5.88 Å². The van der Waals surface area contributed by atoms with Gasteiger partial charge in [-0.3, -0.25) is 0 Å². The molecule has 6 heteroatoms. The topological polar surface area (TPSA) is 73.1 Å². The molecule has 1 heterocycles. The van der Waals surface area contributed by atoms with Crippen molar-refractivity contribution in [2.45, 2.75) is 0 Å². The van der Waals surface area contributed by atoms with Gasteiger partial charge >= 0.3 is 0 Å². The van der Waals surface area contributed by atoms with Gasteiger partial charge in [0.1, 0.15) is 0 Å². The molecular weight excluding hydrogens is 284 g/mol. The smallest absolute Gasteiger partial charge is 0.232 e. The van der Waals surface area contributed by atoms with Crippen LogP contribution in [0.25, 0.3) is 0 Å². The third kappa shape index (κ3) is 2.85. The first kappa shape index (κ1) is 11.7. The van der Waals surface area contributed by atoms with Crippen molar-refractivity contribution < 1.29 is 4.74 Å². The fourth-order valence-electron chi connectivity index (χ4n) is 1.25. The van der Waals surface area contributed by atoms with Gasteiger partial charge in [-0.05, 0) is 40.2 Å². The van der Waals surface area contributed by atoms with Crippen LogP contribution in [0.3, 0.4) is 0 Å². The molecule has 0 saturated heterocycles. The summed E-state index contributed by atoms with van der Waals surface area (Å²) in [6.07, 6.45) is 1.63. The van der Waals surface area contributed by atoms with E-state index in [-0.39, 0.29) is 0 Å². The minimum atomic E-state index is 0.467. The Morgan fingerprint density at radius 3 is 2.65 bits per heavy atom. The minimum absolute atomic E-state index is 0.467. The van der Waals surface area contributed by atoms with E-state index in [9.17, 15) is 0 Å². The monoisotopic (exact) mass is 294 g/mol. The average molecular weight is 295 g/mol. The van der Waals surface area contributed by atoms with Gasteiger partial charge in [-0.25, -0.2) is 4.98 Å². The molecule has 17 heavy (non-hydrogen) atoms. The number of aromatic nitrogens is 2. The van der Waals surface area contributed by atoms with Crippen LogP contribution in [0.2, 0.25) is 0 Å². The summed E-state index contributed by atoms with van der Waals surface area (Å²) in [5, 5.41) is 3.05. The van der Waals surface area contributed by atoms with E-state index in [1.54, 1.807) is 25.4 Å². The van der Waals surface area contributed by atoms with Crippen molar-refractivity contribution in [2.24, 2.45) is 0 Å². The fourth-order valence-corrected chi connectivity index (χ4v) is 1.60. The molecule has 2 aromatic rings. The first-order valence-corrected chi connectivity index (χ1v) is 5.67. The number of anilines is 3. The molecule has 0 aliphatic heterocycles. The maximum atomic E-state index is 5.60. The molecule has 0 saturated carbocycles. The summed E-state index contributed by atoms with van der Waals surface area (Å²) < 4.78 is 5.80. The first-order chi connectivity index (χ1) is 8.19. The Bertz CT molecular complexity index is 515. The molecule has 0 bridgehead atoms. The van der Waals surface area contributed by atoms with E-state index >= 15 is 0 Å². The zero-order chi connectivity index (χ0) is 12.3. The summed E-state index contributed by atoms with van der Waals surface area (Å²) >= 11 is 3.29. The number of nitrogens with two attached hydrogens (primary N) is 1. The third-order valence-electron chi connectivity index (χ3n) is 2.07. The molecule has 0 spiro atoms. The number of nitrogen functional groups attached to an aromatic ring is 1. The van der Waals surface area contributed by atoms with E-state index in [1.807, 2.05) is 12.1 Å². The molecule has 2 rings (SSSR count). The molecule has 3 N–H and O–H groups in total. The molecule has 0 radical (unpaired) electrons.